The van der Waals surface area contributed by atoms with E-state index in [2.05, 4.69) is 26.2 Å². The van der Waals surface area contributed by atoms with Gasteiger partial charge < -0.3 is 4.90 Å². The Balaban J connectivity index is 2.10. The zero-order valence-electron chi connectivity index (χ0n) is 9.85. The number of amides is 2. The average Bonchev–Trinajstić information content (AvgIpc) is 2.73. The van der Waals surface area contributed by atoms with Gasteiger partial charge >= 0.3 is 0 Å². The number of anilines is 1. The second-order valence-corrected chi connectivity index (χ2v) is 4.97. The van der Waals surface area contributed by atoms with Gasteiger partial charge in [0.15, 0.2) is 0 Å². The molecular formula is C12H13BrN2O3. The topological polar surface area (TPSA) is 58.6 Å². The first-order valence-corrected chi connectivity index (χ1v) is 6.30. The minimum Gasteiger partial charge on any atom is -0.312 e. The molecule has 1 aliphatic heterocycles. The Morgan fingerprint density at radius 3 is 2.72 bits per heavy atom. The molecule has 0 unspecified atom stereocenters. The number of hydroxylamine groups is 1. The summed E-state index contributed by atoms with van der Waals surface area (Å²) in [6, 6.07) is 7.42. The Bertz CT molecular complexity index is 461. The molecule has 0 aromatic heterocycles. The molecule has 2 amide bonds. The third-order valence-electron chi connectivity index (χ3n) is 2.84. The van der Waals surface area contributed by atoms with E-state index < -0.39 is 0 Å². The first-order valence-electron chi connectivity index (χ1n) is 5.50. The fourth-order valence-electron chi connectivity index (χ4n) is 1.94. The predicted molar refractivity (Wildman–Crippen MR) is 69.8 cm³/mol. The van der Waals surface area contributed by atoms with Gasteiger partial charge in [0.1, 0.15) is 0 Å². The molecule has 1 fully saturated rings. The second-order valence-electron chi connectivity index (χ2n) is 4.05. The van der Waals surface area contributed by atoms with E-state index in [0.717, 1.165) is 10.2 Å². The lowest BCUT2D eigenvalue weighted by atomic mass is 10.1. The number of carbonyl (C=O) groups is 2. The van der Waals surface area contributed by atoms with E-state index in [4.69, 9.17) is 0 Å². The van der Waals surface area contributed by atoms with Crippen LogP contribution in [0.25, 0.3) is 0 Å². The summed E-state index contributed by atoms with van der Waals surface area (Å²) in [7, 11) is 1.38. The Morgan fingerprint density at radius 2 is 2.11 bits per heavy atom. The highest BCUT2D eigenvalue weighted by molar-refractivity contribution is 9.10. The van der Waals surface area contributed by atoms with Gasteiger partial charge in [-0.1, -0.05) is 15.9 Å². The maximum atomic E-state index is 11.9. The minimum atomic E-state index is -0.360. The molecule has 18 heavy (non-hydrogen) atoms. The molecular weight excluding hydrogens is 300 g/mol. The first kappa shape index (κ1) is 13.0. The highest BCUT2D eigenvalue weighted by Crippen LogP contribution is 2.26. The van der Waals surface area contributed by atoms with Gasteiger partial charge in [0.05, 0.1) is 13.0 Å². The van der Waals surface area contributed by atoms with Crippen LogP contribution in [0.5, 0.6) is 0 Å². The van der Waals surface area contributed by atoms with Crippen LogP contribution >= 0.6 is 15.9 Å². The fourth-order valence-corrected chi connectivity index (χ4v) is 2.20. The summed E-state index contributed by atoms with van der Waals surface area (Å²) in [5, 5.41) is 0. The second kappa shape index (κ2) is 5.49. The van der Waals surface area contributed by atoms with Gasteiger partial charge in [0.2, 0.25) is 11.8 Å². The van der Waals surface area contributed by atoms with Crippen molar-refractivity contribution in [3.8, 4) is 0 Å². The number of carbonyl (C=O) groups excluding carboxylic acids is 2. The predicted octanol–water partition coefficient (Wildman–Crippen LogP) is 1.48. The molecule has 2 rings (SSSR count). The van der Waals surface area contributed by atoms with Gasteiger partial charge in [-0.2, -0.15) is 0 Å². The van der Waals surface area contributed by atoms with Crippen LogP contribution in [0, 0.1) is 5.92 Å². The molecule has 96 valence electrons. The Labute approximate surface area is 113 Å². The van der Waals surface area contributed by atoms with E-state index in [-0.39, 0.29) is 24.2 Å². The van der Waals surface area contributed by atoms with Crippen molar-refractivity contribution in [2.75, 3.05) is 18.6 Å². The molecule has 1 heterocycles. The molecule has 1 N–H and O–H groups in total. The van der Waals surface area contributed by atoms with Crippen molar-refractivity contribution in [2.45, 2.75) is 6.42 Å². The highest BCUT2D eigenvalue weighted by Gasteiger charge is 2.35. The van der Waals surface area contributed by atoms with Gasteiger partial charge in [0, 0.05) is 23.1 Å². The molecule has 1 aromatic rings. The van der Waals surface area contributed by atoms with Gasteiger partial charge in [-0.05, 0) is 24.3 Å². The van der Waals surface area contributed by atoms with Crippen molar-refractivity contribution in [1.82, 2.24) is 5.48 Å². The first-order chi connectivity index (χ1) is 8.61. The van der Waals surface area contributed by atoms with Crippen molar-refractivity contribution in [3.63, 3.8) is 0 Å². The Hall–Kier alpha value is -1.40. The molecule has 1 aliphatic rings. The SMILES string of the molecule is CONC(=O)[C@H]1CC(=O)N(c2ccc(Br)cc2)C1. The van der Waals surface area contributed by atoms with Crippen LogP contribution in [0.3, 0.4) is 0 Å². The van der Waals surface area contributed by atoms with Crippen molar-refractivity contribution in [2.24, 2.45) is 5.92 Å². The Kier molecular flexibility index (Phi) is 3.98. The minimum absolute atomic E-state index is 0.0476. The summed E-state index contributed by atoms with van der Waals surface area (Å²) in [5.41, 5.74) is 3.07. The largest absolute Gasteiger partial charge is 0.312 e. The summed E-state index contributed by atoms with van der Waals surface area (Å²) in [6.45, 7) is 0.385. The molecule has 0 radical (unpaired) electrons. The van der Waals surface area contributed by atoms with E-state index in [1.54, 1.807) is 4.90 Å². The summed E-state index contributed by atoms with van der Waals surface area (Å²) < 4.78 is 0.951. The van der Waals surface area contributed by atoms with Crippen LogP contribution < -0.4 is 10.4 Å². The zero-order chi connectivity index (χ0) is 13.1. The number of hydrogen-bond donors (Lipinski definition) is 1. The van der Waals surface area contributed by atoms with Crippen molar-refractivity contribution in [1.29, 1.82) is 0 Å². The van der Waals surface area contributed by atoms with Crippen LogP contribution in [0.4, 0.5) is 5.69 Å². The van der Waals surface area contributed by atoms with Gasteiger partial charge in [-0.3, -0.25) is 14.4 Å². The summed E-state index contributed by atoms with van der Waals surface area (Å²) in [5.74, 6) is -0.667. The number of halogens is 1. The van der Waals surface area contributed by atoms with E-state index in [1.807, 2.05) is 24.3 Å². The third kappa shape index (κ3) is 2.70. The molecule has 6 heteroatoms. The maximum Gasteiger partial charge on any atom is 0.248 e. The standard InChI is InChI=1S/C12H13BrN2O3/c1-18-14-12(17)8-6-11(16)15(7-8)10-4-2-9(13)3-5-10/h2-5,8H,6-7H2,1H3,(H,14,17)/t8-/m0/s1. The normalized spacial score (nSPS) is 19.1. The number of nitrogens with zero attached hydrogens (tertiary/aromatic N) is 1. The van der Waals surface area contributed by atoms with Crippen LogP contribution in [0.1, 0.15) is 6.42 Å². The smallest absolute Gasteiger partial charge is 0.248 e. The number of nitrogens with one attached hydrogen (secondary N) is 1. The Morgan fingerprint density at radius 1 is 1.44 bits per heavy atom. The quantitative estimate of drug-likeness (QED) is 0.860. The van der Waals surface area contributed by atoms with Gasteiger partial charge in [0.25, 0.3) is 0 Å². The highest BCUT2D eigenvalue weighted by atomic mass is 79.9. The van der Waals surface area contributed by atoms with Crippen molar-refractivity contribution in [3.05, 3.63) is 28.7 Å². The molecule has 0 spiro atoms. The van der Waals surface area contributed by atoms with Gasteiger partial charge in [-0.15, -0.1) is 0 Å². The zero-order valence-corrected chi connectivity index (χ0v) is 11.4. The van der Waals surface area contributed by atoms with Gasteiger partial charge in [-0.25, -0.2) is 5.48 Å². The van der Waals surface area contributed by atoms with Crippen LogP contribution in [0.2, 0.25) is 0 Å². The van der Waals surface area contributed by atoms with Crippen LogP contribution in [0.15, 0.2) is 28.7 Å². The maximum absolute atomic E-state index is 11.9. The van der Waals surface area contributed by atoms with Crippen molar-refractivity contribution < 1.29 is 14.4 Å². The molecule has 5 nitrogen and oxygen atoms in total. The van der Waals surface area contributed by atoms with E-state index in [1.165, 1.54) is 7.11 Å². The molecule has 0 aliphatic carbocycles. The van der Waals surface area contributed by atoms with E-state index in [0.29, 0.717) is 6.54 Å². The lowest BCUT2D eigenvalue weighted by Gasteiger charge is -2.16. The van der Waals surface area contributed by atoms with E-state index >= 15 is 0 Å². The molecule has 1 aromatic carbocycles. The molecule has 1 atom stereocenters. The van der Waals surface area contributed by atoms with E-state index in [9.17, 15) is 9.59 Å². The monoisotopic (exact) mass is 312 g/mol. The summed E-state index contributed by atoms with van der Waals surface area (Å²) >= 11 is 3.34. The molecule has 1 saturated heterocycles. The number of rotatable bonds is 3. The average molecular weight is 313 g/mol. The summed E-state index contributed by atoms with van der Waals surface area (Å²) in [6.07, 6.45) is 0.214. The lowest BCUT2D eigenvalue weighted by Crippen LogP contribution is -2.32. The third-order valence-corrected chi connectivity index (χ3v) is 3.37. The van der Waals surface area contributed by atoms with Crippen LogP contribution in [-0.2, 0) is 14.4 Å². The van der Waals surface area contributed by atoms with Crippen molar-refractivity contribution >= 4 is 33.4 Å². The number of benzene rings is 1. The lowest BCUT2D eigenvalue weighted by molar-refractivity contribution is -0.135. The fraction of sp³-hybridized carbons (Fsp3) is 0.333. The van der Waals surface area contributed by atoms with Crippen LogP contribution in [-0.4, -0.2) is 25.5 Å². The summed E-state index contributed by atoms with van der Waals surface area (Å²) in [4.78, 5) is 29.7. The number of hydrogen-bond acceptors (Lipinski definition) is 3. The molecule has 0 saturated carbocycles. The molecule has 0 bridgehead atoms.